The topological polar surface area (TPSA) is 44.9 Å². The second-order valence-electron chi connectivity index (χ2n) is 5.15. The molecule has 1 amide bonds. The number of amides is 1. The summed E-state index contributed by atoms with van der Waals surface area (Å²) >= 11 is 0. The molecule has 0 aliphatic carbocycles. The normalized spacial score (nSPS) is 11.1. The highest BCUT2D eigenvalue weighted by Gasteiger charge is 2.00. The van der Waals surface area contributed by atoms with E-state index >= 15 is 0 Å². The predicted molar refractivity (Wildman–Crippen MR) is 90.5 cm³/mol. The minimum atomic E-state index is -0.0683. The Hall–Kier alpha value is -2.81. The number of rotatable bonds is 5. The van der Waals surface area contributed by atoms with Crippen LogP contribution in [-0.2, 0) is 11.2 Å². The van der Waals surface area contributed by atoms with Crippen molar-refractivity contribution in [1.82, 2.24) is 10.3 Å². The van der Waals surface area contributed by atoms with Crippen molar-refractivity contribution < 1.29 is 4.79 Å². The maximum absolute atomic E-state index is 11.9. The van der Waals surface area contributed by atoms with Crippen molar-refractivity contribution in [3.8, 4) is 0 Å². The molecule has 0 spiro atoms. The molecule has 0 aliphatic rings. The van der Waals surface area contributed by atoms with Gasteiger partial charge < -0.3 is 10.3 Å². The quantitative estimate of drug-likeness (QED) is 0.694. The van der Waals surface area contributed by atoms with Crippen LogP contribution in [-0.4, -0.2) is 17.4 Å². The molecule has 3 aromatic rings. The molecule has 0 saturated carbocycles. The van der Waals surface area contributed by atoms with Gasteiger partial charge in [-0.1, -0.05) is 48.5 Å². The molecule has 2 aromatic carbocycles. The average molecular weight is 290 g/mol. The monoisotopic (exact) mass is 290 g/mol. The molecule has 3 nitrogen and oxygen atoms in total. The van der Waals surface area contributed by atoms with Crippen molar-refractivity contribution in [2.75, 3.05) is 6.54 Å². The van der Waals surface area contributed by atoms with Crippen molar-refractivity contribution >= 4 is 22.9 Å². The molecule has 1 aromatic heterocycles. The van der Waals surface area contributed by atoms with Crippen LogP contribution in [0.5, 0.6) is 0 Å². The maximum atomic E-state index is 11.9. The first-order valence-corrected chi connectivity index (χ1v) is 7.39. The predicted octanol–water partition coefficient (Wildman–Crippen LogP) is 3.54. The Morgan fingerprint density at radius 3 is 2.68 bits per heavy atom. The number of benzene rings is 2. The minimum Gasteiger partial charge on any atom is -0.361 e. The third kappa shape index (κ3) is 3.44. The maximum Gasteiger partial charge on any atom is 0.244 e. The van der Waals surface area contributed by atoms with Crippen LogP contribution in [0, 0.1) is 0 Å². The number of para-hydroxylation sites is 1. The summed E-state index contributed by atoms with van der Waals surface area (Å²) in [5, 5.41) is 4.03. The minimum absolute atomic E-state index is 0.0683. The van der Waals surface area contributed by atoms with Gasteiger partial charge in [0, 0.05) is 29.7 Å². The van der Waals surface area contributed by atoms with Gasteiger partial charge in [-0.05, 0) is 29.7 Å². The van der Waals surface area contributed by atoms with E-state index in [4.69, 9.17) is 0 Å². The van der Waals surface area contributed by atoms with E-state index in [1.807, 2.05) is 54.7 Å². The van der Waals surface area contributed by atoms with Crippen LogP contribution in [0.4, 0.5) is 0 Å². The molecule has 0 fully saturated rings. The van der Waals surface area contributed by atoms with E-state index in [0.29, 0.717) is 6.54 Å². The number of nitrogens with one attached hydrogen (secondary N) is 2. The molecule has 0 atom stereocenters. The second kappa shape index (κ2) is 6.76. The zero-order chi connectivity index (χ0) is 15.2. The Labute approximate surface area is 129 Å². The van der Waals surface area contributed by atoms with Gasteiger partial charge in [0.2, 0.25) is 5.91 Å². The highest BCUT2D eigenvalue weighted by molar-refractivity contribution is 5.96. The largest absolute Gasteiger partial charge is 0.361 e. The summed E-state index contributed by atoms with van der Waals surface area (Å²) < 4.78 is 0. The second-order valence-corrected chi connectivity index (χ2v) is 5.15. The SMILES string of the molecule is O=C(C=Cc1c[nH]c2ccccc12)NCCc1ccccc1. The van der Waals surface area contributed by atoms with Crippen LogP contribution in [0.3, 0.4) is 0 Å². The van der Waals surface area contributed by atoms with Crippen LogP contribution in [0.2, 0.25) is 0 Å². The Bertz CT molecular complexity index is 787. The lowest BCUT2D eigenvalue weighted by atomic mass is 10.1. The molecule has 0 radical (unpaired) electrons. The number of carbonyl (C=O) groups excluding carboxylic acids is 1. The van der Waals surface area contributed by atoms with E-state index in [9.17, 15) is 4.79 Å². The standard InChI is InChI=1S/C19H18N2O/c22-19(20-13-12-15-6-2-1-3-7-15)11-10-16-14-21-18-9-5-4-8-17(16)18/h1-11,14,21H,12-13H2,(H,20,22). The van der Waals surface area contributed by atoms with E-state index < -0.39 is 0 Å². The summed E-state index contributed by atoms with van der Waals surface area (Å²) in [6.07, 6.45) is 6.18. The number of fused-ring (bicyclic) bond motifs is 1. The van der Waals surface area contributed by atoms with Gasteiger partial charge in [-0.15, -0.1) is 0 Å². The number of aromatic nitrogens is 1. The molecular weight excluding hydrogens is 272 g/mol. The van der Waals surface area contributed by atoms with Crippen LogP contribution in [0.15, 0.2) is 66.9 Å². The number of hydrogen-bond acceptors (Lipinski definition) is 1. The first-order valence-electron chi connectivity index (χ1n) is 7.39. The highest BCUT2D eigenvalue weighted by atomic mass is 16.1. The summed E-state index contributed by atoms with van der Waals surface area (Å²) in [5.41, 5.74) is 3.32. The average Bonchev–Trinajstić information content (AvgIpc) is 2.97. The molecule has 110 valence electrons. The van der Waals surface area contributed by atoms with Crippen molar-refractivity contribution in [3.63, 3.8) is 0 Å². The molecular formula is C19H18N2O. The summed E-state index contributed by atoms with van der Waals surface area (Å²) in [6.45, 7) is 0.640. The third-order valence-electron chi connectivity index (χ3n) is 3.59. The van der Waals surface area contributed by atoms with E-state index in [1.54, 1.807) is 6.08 Å². The Balaban J connectivity index is 1.55. The van der Waals surface area contributed by atoms with E-state index in [0.717, 1.165) is 22.9 Å². The van der Waals surface area contributed by atoms with Crippen molar-refractivity contribution in [3.05, 3.63) is 78.0 Å². The molecule has 22 heavy (non-hydrogen) atoms. The third-order valence-corrected chi connectivity index (χ3v) is 3.59. The molecule has 0 saturated heterocycles. The first-order chi connectivity index (χ1) is 10.8. The highest BCUT2D eigenvalue weighted by Crippen LogP contribution is 2.18. The van der Waals surface area contributed by atoms with Gasteiger partial charge in [0.1, 0.15) is 0 Å². The zero-order valence-electron chi connectivity index (χ0n) is 12.3. The molecule has 3 rings (SSSR count). The van der Waals surface area contributed by atoms with E-state index in [-0.39, 0.29) is 5.91 Å². The summed E-state index contributed by atoms with van der Waals surface area (Å²) in [4.78, 5) is 15.1. The smallest absolute Gasteiger partial charge is 0.244 e. The van der Waals surface area contributed by atoms with Crippen molar-refractivity contribution in [1.29, 1.82) is 0 Å². The van der Waals surface area contributed by atoms with Gasteiger partial charge in [-0.25, -0.2) is 0 Å². The number of hydrogen-bond donors (Lipinski definition) is 2. The molecule has 3 heteroatoms. The van der Waals surface area contributed by atoms with Crippen LogP contribution in [0.1, 0.15) is 11.1 Å². The lowest BCUT2D eigenvalue weighted by Crippen LogP contribution is -2.23. The Morgan fingerprint density at radius 2 is 1.82 bits per heavy atom. The van der Waals surface area contributed by atoms with E-state index in [1.165, 1.54) is 5.56 Å². The van der Waals surface area contributed by atoms with Gasteiger partial charge in [0.05, 0.1) is 0 Å². The summed E-state index contributed by atoms with van der Waals surface area (Å²) in [7, 11) is 0. The van der Waals surface area contributed by atoms with Gasteiger partial charge in [-0.2, -0.15) is 0 Å². The van der Waals surface area contributed by atoms with Crippen LogP contribution < -0.4 is 5.32 Å². The zero-order valence-corrected chi connectivity index (χ0v) is 12.3. The van der Waals surface area contributed by atoms with Crippen LogP contribution in [0.25, 0.3) is 17.0 Å². The number of carbonyl (C=O) groups is 1. The number of H-pyrrole nitrogens is 1. The lowest BCUT2D eigenvalue weighted by Gasteiger charge is -2.02. The molecule has 2 N–H and O–H groups in total. The summed E-state index contributed by atoms with van der Waals surface area (Å²) in [6, 6.07) is 18.2. The Morgan fingerprint density at radius 1 is 1.05 bits per heavy atom. The Kier molecular flexibility index (Phi) is 4.35. The molecule has 0 aliphatic heterocycles. The fourth-order valence-electron chi connectivity index (χ4n) is 2.43. The molecule has 0 bridgehead atoms. The van der Waals surface area contributed by atoms with E-state index in [2.05, 4.69) is 22.4 Å². The fourth-order valence-corrected chi connectivity index (χ4v) is 2.43. The van der Waals surface area contributed by atoms with Crippen LogP contribution >= 0.6 is 0 Å². The molecule has 1 heterocycles. The number of aromatic amines is 1. The van der Waals surface area contributed by atoms with Gasteiger partial charge in [0.25, 0.3) is 0 Å². The van der Waals surface area contributed by atoms with Crippen molar-refractivity contribution in [2.24, 2.45) is 0 Å². The lowest BCUT2D eigenvalue weighted by molar-refractivity contribution is -0.116. The molecule has 0 unspecified atom stereocenters. The first kappa shape index (κ1) is 14.1. The van der Waals surface area contributed by atoms with Gasteiger partial charge in [-0.3, -0.25) is 4.79 Å². The summed E-state index contributed by atoms with van der Waals surface area (Å²) in [5.74, 6) is -0.0683. The van der Waals surface area contributed by atoms with Gasteiger partial charge in [0.15, 0.2) is 0 Å². The van der Waals surface area contributed by atoms with Crippen molar-refractivity contribution in [2.45, 2.75) is 6.42 Å². The fraction of sp³-hybridized carbons (Fsp3) is 0.105. The van der Waals surface area contributed by atoms with Gasteiger partial charge >= 0.3 is 0 Å².